The molecule has 0 N–H and O–H groups in total. The number of likely N-dealkylation sites (tertiary alicyclic amines) is 1. The van der Waals surface area contributed by atoms with Gasteiger partial charge in [0.15, 0.2) is 18.1 Å². The standard InChI is InChI=1S/C27H34N2O6/c1-32-22-10-7-20(8-11-22)23-6-4-3-5-13-29(23)27(31)21-9-12-24(25(18-21)33-2)35-19-26(30)28-14-16-34-17-15-28/h7-12,18,23H,3-6,13-17,19H2,1-2H3/t23-/m1/s1. The van der Waals surface area contributed by atoms with Gasteiger partial charge in [-0.25, -0.2) is 0 Å². The molecule has 2 aliphatic heterocycles. The molecule has 35 heavy (non-hydrogen) atoms. The first kappa shape index (κ1) is 24.9. The number of nitrogens with zero attached hydrogens (tertiary/aromatic N) is 2. The summed E-state index contributed by atoms with van der Waals surface area (Å²) in [7, 11) is 3.18. The Morgan fingerprint density at radius 3 is 2.40 bits per heavy atom. The van der Waals surface area contributed by atoms with Crippen LogP contribution in [0, 0.1) is 0 Å². The highest BCUT2D eigenvalue weighted by Crippen LogP contribution is 2.34. The van der Waals surface area contributed by atoms with Crippen LogP contribution in [0.2, 0.25) is 0 Å². The number of carbonyl (C=O) groups excluding carboxylic acids is 2. The Bertz CT molecular complexity index is 1000. The van der Waals surface area contributed by atoms with Crippen molar-refractivity contribution < 1.29 is 28.5 Å². The lowest BCUT2D eigenvalue weighted by Crippen LogP contribution is -2.43. The van der Waals surface area contributed by atoms with E-state index >= 15 is 0 Å². The molecule has 2 amide bonds. The first-order chi connectivity index (χ1) is 17.1. The van der Waals surface area contributed by atoms with Crippen LogP contribution in [-0.2, 0) is 9.53 Å². The molecule has 0 saturated carbocycles. The lowest BCUT2D eigenvalue weighted by molar-refractivity contribution is -0.137. The molecule has 2 aromatic carbocycles. The van der Waals surface area contributed by atoms with Gasteiger partial charge in [-0.05, 0) is 48.7 Å². The van der Waals surface area contributed by atoms with Crippen molar-refractivity contribution in [3.05, 3.63) is 53.6 Å². The predicted molar refractivity (Wildman–Crippen MR) is 131 cm³/mol. The van der Waals surface area contributed by atoms with E-state index in [2.05, 4.69) is 0 Å². The van der Waals surface area contributed by atoms with Crippen molar-refractivity contribution in [2.45, 2.75) is 31.7 Å². The SMILES string of the molecule is COc1ccc([C@H]2CCCCCN2C(=O)c2ccc(OCC(=O)N3CCOCC3)c(OC)c2)cc1. The third kappa shape index (κ3) is 6.06. The maximum Gasteiger partial charge on any atom is 0.260 e. The van der Waals surface area contributed by atoms with Gasteiger partial charge in [0.2, 0.25) is 0 Å². The molecule has 2 fully saturated rings. The Morgan fingerprint density at radius 1 is 0.914 bits per heavy atom. The van der Waals surface area contributed by atoms with E-state index in [0.29, 0.717) is 49.9 Å². The molecule has 0 bridgehead atoms. The van der Waals surface area contributed by atoms with E-state index in [1.165, 1.54) is 7.11 Å². The van der Waals surface area contributed by atoms with Crippen LogP contribution in [0.3, 0.4) is 0 Å². The van der Waals surface area contributed by atoms with E-state index in [0.717, 1.165) is 37.0 Å². The second-order valence-corrected chi connectivity index (χ2v) is 8.78. The maximum atomic E-state index is 13.6. The van der Waals surface area contributed by atoms with Crippen molar-refractivity contribution in [1.29, 1.82) is 0 Å². The van der Waals surface area contributed by atoms with Crippen LogP contribution < -0.4 is 14.2 Å². The van der Waals surface area contributed by atoms with Crippen molar-refractivity contribution in [3.63, 3.8) is 0 Å². The molecule has 188 valence electrons. The van der Waals surface area contributed by atoms with Gasteiger partial charge >= 0.3 is 0 Å². The third-order valence-electron chi connectivity index (χ3n) is 6.64. The smallest absolute Gasteiger partial charge is 0.260 e. The zero-order valence-corrected chi connectivity index (χ0v) is 20.5. The Labute approximate surface area is 206 Å². The van der Waals surface area contributed by atoms with Gasteiger partial charge in [0.05, 0.1) is 33.5 Å². The number of rotatable bonds is 7. The van der Waals surface area contributed by atoms with Crippen LogP contribution in [-0.4, -0.2) is 75.3 Å². The molecule has 8 heteroatoms. The molecule has 0 aromatic heterocycles. The molecule has 8 nitrogen and oxygen atoms in total. The summed E-state index contributed by atoms with van der Waals surface area (Å²) in [6.07, 6.45) is 4.07. The molecule has 2 aliphatic rings. The first-order valence-electron chi connectivity index (χ1n) is 12.2. The molecule has 0 radical (unpaired) electrons. The Hall–Kier alpha value is -3.26. The van der Waals surface area contributed by atoms with Crippen LogP contribution in [0.5, 0.6) is 17.2 Å². The molecule has 2 saturated heterocycles. The topological polar surface area (TPSA) is 77.5 Å². The fourth-order valence-corrected chi connectivity index (χ4v) is 4.65. The second-order valence-electron chi connectivity index (χ2n) is 8.78. The van der Waals surface area contributed by atoms with Gasteiger partial charge in [-0.15, -0.1) is 0 Å². The van der Waals surface area contributed by atoms with Crippen LogP contribution in [0.15, 0.2) is 42.5 Å². The van der Waals surface area contributed by atoms with Crippen LogP contribution >= 0.6 is 0 Å². The highest BCUT2D eigenvalue weighted by molar-refractivity contribution is 5.95. The number of carbonyl (C=O) groups is 2. The van der Waals surface area contributed by atoms with Gasteiger partial charge in [-0.1, -0.05) is 25.0 Å². The third-order valence-corrected chi connectivity index (χ3v) is 6.64. The Kier molecular flexibility index (Phi) is 8.47. The molecule has 0 unspecified atom stereocenters. The van der Waals surface area contributed by atoms with Crippen molar-refractivity contribution in [3.8, 4) is 17.2 Å². The van der Waals surface area contributed by atoms with Crippen molar-refractivity contribution in [2.75, 3.05) is 53.7 Å². The van der Waals surface area contributed by atoms with Gasteiger partial charge in [0.1, 0.15) is 5.75 Å². The van der Waals surface area contributed by atoms with Crippen LogP contribution in [0.1, 0.15) is 47.6 Å². The normalized spacial score (nSPS) is 18.5. The quantitative estimate of drug-likeness (QED) is 0.599. The summed E-state index contributed by atoms with van der Waals surface area (Å²) in [4.78, 5) is 29.8. The zero-order chi connectivity index (χ0) is 24.6. The van der Waals surface area contributed by atoms with E-state index < -0.39 is 0 Å². The van der Waals surface area contributed by atoms with E-state index in [-0.39, 0.29) is 24.5 Å². The van der Waals surface area contributed by atoms with Crippen LogP contribution in [0.25, 0.3) is 0 Å². The summed E-state index contributed by atoms with van der Waals surface area (Å²) in [6.45, 7) is 2.83. The number of hydrogen-bond acceptors (Lipinski definition) is 6. The predicted octanol–water partition coefficient (Wildman–Crippen LogP) is 3.70. The molecular formula is C27H34N2O6. The fraction of sp³-hybridized carbons (Fsp3) is 0.481. The number of ether oxygens (including phenoxy) is 4. The van der Waals surface area contributed by atoms with E-state index in [4.69, 9.17) is 18.9 Å². The largest absolute Gasteiger partial charge is 0.497 e. The van der Waals surface area contributed by atoms with Crippen molar-refractivity contribution in [1.82, 2.24) is 9.80 Å². The van der Waals surface area contributed by atoms with Gasteiger partial charge in [0.25, 0.3) is 11.8 Å². The highest BCUT2D eigenvalue weighted by Gasteiger charge is 2.28. The summed E-state index contributed by atoms with van der Waals surface area (Å²) >= 11 is 0. The lowest BCUT2D eigenvalue weighted by atomic mass is 10.00. The summed E-state index contributed by atoms with van der Waals surface area (Å²) in [5.41, 5.74) is 1.64. The average Bonchev–Trinajstić information content (AvgIpc) is 3.18. The molecule has 0 aliphatic carbocycles. The fourth-order valence-electron chi connectivity index (χ4n) is 4.65. The summed E-state index contributed by atoms with van der Waals surface area (Å²) < 4.78 is 21.9. The average molecular weight is 483 g/mol. The van der Waals surface area contributed by atoms with E-state index in [9.17, 15) is 9.59 Å². The van der Waals surface area contributed by atoms with Crippen molar-refractivity contribution in [2.24, 2.45) is 0 Å². The van der Waals surface area contributed by atoms with Gasteiger partial charge in [-0.3, -0.25) is 9.59 Å². The molecular weight excluding hydrogens is 448 g/mol. The molecule has 1 atom stereocenters. The van der Waals surface area contributed by atoms with Gasteiger partial charge in [-0.2, -0.15) is 0 Å². The minimum atomic E-state index is -0.0950. The number of morpholine rings is 1. The minimum Gasteiger partial charge on any atom is -0.497 e. The Morgan fingerprint density at radius 2 is 1.69 bits per heavy atom. The monoisotopic (exact) mass is 482 g/mol. The number of benzene rings is 2. The van der Waals surface area contributed by atoms with E-state index in [1.807, 2.05) is 29.2 Å². The Balaban J connectivity index is 1.49. The molecule has 0 spiro atoms. The molecule has 2 aromatic rings. The number of hydrogen-bond donors (Lipinski definition) is 0. The van der Waals surface area contributed by atoms with Gasteiger partial charge < -0.3 is 28.7 Å². The lowest BCUT2D eigenvalue weighted by Gasteiger charge is -2.31. The van der Waals surface area contributed by atoms with E-state index in [1.54, 1.807) is 30.2 Å². The molecule has 2 heterocycles. The zero-order valence-electron chi connectivity index (χ0n) is 20.5. The highest BCUT2D eigenvalue weighted by atomic mass is 16.5. The maximum absolute atomic E-state index is 13.6. The van der Waals surface area contributed by atoms with Crippen molar-refractivity contribution >= 4 is 11.8 Å². The number of amides is 2. The van der Waals surface area contributed by atoms with Crippen LogP contribution in [0.4, 0.5) is 0 Å². The van der Waals surface area contributed by atoms with Gasteiger partial charge in [0, 0.05) is 25.2 Å². The second kappa shape index (κ2) is 11.9. The molecule has 4 rings (SSSR count). The summed E-state index contributed by atoms with van der Waals surface area (Å²) in [5.74, 6) is 1.53. The summed E-state index contributed by atoms with van der Waals surface area (Å²) in [5, 5.41) is 0. The summed E-state index contributed by atoms with van der Waals surface area (Å²) in [6, 6.07) is 13.1. The number of methoxy groups -OCH3 is 2. The minimum absolute atomic E-state index is 0.00368. The first-order valence-corrected chi connectivity index (χ1v) is 12.2.